The summed E-state index contributed by atoms with van der Waals surface area (Å²) in [6.07, 6.45) is 75.1. The largest absolute Gasteiger partial charge is 0.466 e. The number of rotatable bonds is 60. The fraction of sp³-hybridized carbons (Fsp3) is 0.908. The number of carbonyl (C=O) groups excluding carboxylic acids is 2. The molecule has 6 heteroatoms. The average molecular weight is 1000 g/mol. The van der Waals surface area contributed by atoms with Crippen molar-refractivity contribution in [2.45, 2.75) is 366 Å². The number of esters is 1. The van der Waals surface area contributed by atoms with Crippen LogP contribution in [0.4, 0.5) is 0 Å². The third-order valence-electron chi connectivity index (χ3n) is 15.0. The molecule has 1 amide bonds. The summed E-state index contributed by atoms with van der Waals surface area (Å²) in [5.74, 6) is -0.0804. The molecule has 0 aliphatic rings. The monoisotopic (exact) mass is 1000 g/mol. The smallest absolute Gasteiger partial charge is 0.305 e. The van der Waals surface area contributed by atoms with Crippen LogP contribution < -0.4 is 5.32 Å². The van der Waals surface area contributed by atoms with Crippen LogP contribution in [0.25, 0.3) is 0 Å². The van der Waals surface area contributed by atoms with E-state index in [2.05, 4.69) is 31.3 Å². The van der Waals surface area contributed by atoms with Crippen molar-refractivity contribution in [3.05, 3.63) is 24.3 Å². The highest BCUT2D eigenvalue weighted by molar-refractivity contribution is 5.76. The first-order chi connectivity index (χ1) is 35.0. The van der Waals surface area contributed by atoms with E-state index >= 15 is 0 Å². The fourth-order valence-corrected chi connectivity index (χ4v) is 10.0. The Morgan fingerprint density at radius 2 is 0.662 bits per heavy atom. The average Bonchev–Trinajstić information content (AvgIpc) is 3.37. The summed E-state index contributed by atoms with van der Waals surface area (Å²) in [5.41, 5.74) is 0. The molecule has 3 N–H and O–H groups in total. The number of ether oxygens (including phenoxy) is 1. The van der Waals surface area contributed by atoms with Crippen LogP contribution in [-0.4, -0.2) is 47.4 Å². The molecular formula is C65H125NO5. The minimum Gasteiger partial charge on any atom is -0.466 e. The van der Waals surface area contributed by atoms with Crippen molar-refractivity contribution in [2.24, 2.45) is 0 Å². The number of hydrogen-bond acceptors (Lipinski definition) is 5. The molecule has 6 nitrogen and oxygen atoms in total. The van der Waals surface area contributed by atoms with Crippen LogP contribution >= 0.6 is 0 Å². The van der Waals surface area contributed by atoms with E-state index in [1.54, 1.807) is 6.08 Å². The predicted octanol–water partition coefficient (Wildman–Crippen LogP) is 20.2. The number of aliphatic hydroxyl groups excluding tert-OH is 2. The normalized spacial score (nSPS) is 12.7. The van der Waals surface area contributed by atoms with E-state index in [1.165, 1.54) is 263 Å². The van der Waals surface area contributed by atoms with Gasteiger partial charge in [-0.05, 0) is 57.8 Å². The number of amides is 1. The van der Waals surface area contributed by atoms with E-state index in [9.17, 15) is 19.8 Å². The van der Waals surface area contributed by atoms with Crippen LogP contribution in [-0.2, 0) is 14.3 Å². The summed E-state index contributed by atoms with van der Waals surface area (Å²) in [4.78, 5) is 24.6. The standard InChI is InChI=1S/C65H125NO5/c1-3-5-7-9-11-13-15-17-19-21-23-25-29-33-37-41-45-49-53-57-63(68)62(61-67)66-64(69)58-54-50-46-42-38-34-30-27-28-32-36-40-44-48-52-56-60-71-65(70)59-55-51-47-43-39-35-31-26-24-22-20-18-16-14-12-10-8-6-4-2/h27,30,53,57,62-63,67-68H,3-26,28-29,31-52,54-56,58-61H2,1-2H3,(H,66,69)/b30-27-,57-53+. The molecule has 0 aromatic rings. The molecule has 0 saturated heterocycles. The van der Waals surface area contributed by atoms with Crippen LogP contribution in [0.15, 0.2) is 24.3 Å². The lowest BCUT2D eigenvalue weighted by Gasteiger charge is -2.20. The van der Waals surface area contributed by atoms with Gasteiger partial charge < -0.3 is 20.3 Å². The first-order valence-electron chi connectivity index (χ1n) is 32.1. The Labute approximate surface area is 443 Å². The lowest BCUT2D eigenvalue weighted by Crippen LogP contribution is -2.45. The molecule has 0 bridgehead atoms. The van der Waals surface area contributed by atoms with Gasteiger partial charge in [-0.3, -0.25) is 9.59 Å². The third-order valence-corrected chi connectivity index (χ3v) is 15.0. The molecule has 0 aliphatic heterocycles. The summed E-state index contributed by atoms with van der Waals surface area (Å²) < 4.78 is 5.49. The molecule has 2 unspecified atom stereocenters. The highest BCUT2D eigenvalue weighted by Crippen LogP contribution is 2.18. The van der Waals surface area contributed by atoms with Gasteiger partial charge >= 0.3 is 5.97 Å². The van der Waals surface area contributed by atoms with Crippen molar-refractivity contribution in [2.75, 3.05) is 13.2 Å². The first kappa shape index (κ1) is 69.3. The van der Waals surface area contributed by atoms with E-state index < -0.39 is 12.1 Å². The Hall–Kier alpha value is -1.66. The molecular weight excluding hydrogens is 875 g/mol. The Kier molecular flexibility index (Phi) is 59.5. The first-order valence-corrected chi connectivity index (χ1v) is 32.1. The SMILES string of the molecule is CCCCCCCCCCCCCCCCCCC/C=C/C(O)C(CO)NC(=O)CCCCCCC/C=C\CCCCCCCCCOC(=O)CCCCCCCCCCCCCCCCCCCCC. The number of nitrogens with one attached hydrogen (secondary N) is 1. The molecule has 0 heterocycles. The van der Waals surface area contributed by atoms with Crippen LogP contribution in [0.3, 0.4) is 0 Å². The summed E-state index contributed by atoms with van der Waals surface area (Å²) >= 11 is 0. The molecule has 420 valence electrons. The van der Waals surface area contributed by atoms with Gasteiger partial charge in [-0.1, -0.05) is 308 Å². The summed E-state index contributed by atoms with van der Waals surface area (Å²) in [6.45, 7) is 4.91. The zero-order valence-electron chi connectivity index (χ0n) is 48.0. The van der Waals surface area contributed by atoms with Crippen LogP contribution in [0.1, 0.15) is 354 Å². The molecule has 0 saturated carbocycles. The van der Waals surface area contributed by atoms with Crippen molar-refractivity contribution < 1.29 is 24.5 Å². The van der Waals surface area contributed by atoms with Crippen molar-refractivity contribution >= 4 is 11.9 Å². The van der Waals surface area contributed by atoms with E-state index in [0.717, 1.165) is 64.2 Å². The van der Waals surface area contributed by atoms with Gasteiger partial charge in [0.2, 0.25) is 5.91 Å². The van der Waals surface area contributed by atoms with E-state index in [-0.39, 0.29) is 18.5 Å². The molecule has 0 aliphatic carbocycles. The van der Waals surface area contributed by atoms with E-state index in [1.807, 2.05) is 6.08 Å². The third kappa shape index (κ3) is 57.5. The van der Waals surface area contributed by atoms with Crippen LogP contribution in [0.5, 0.6) is 0 Å². The summed E-state index contributed by atoms with van der Waals surface area (Å²) in [6, 6.07) is -0.640. The van der Waals surface area contributed by atoms with Crippen LogP contribution in [0, 0.1) is 0 Å². The Morgan fingerprint density at radius 3 is 1.00 bits per heavy atom. The molecule has 0 aromatic carbocycles. The maximum atomic E-state index is 12.5. The Morgan fingerprint density at radius 1 is 0.380 bits per heavy atom. The second-order valence-electron chi connectivity index (χ2n) is 22.1. The second kappa shape index (κ2) is 60.9. The van der Waals surface area contributed by atoms with Gasteiger partial charge in [0.1, 0.15) is 0 Å². The predicted molar refractivity (Wildman–Crippen MR) is 310 cm³/mol. The highest BCUT2D eigenvalue weighted by Gasteiger charge is 2.18. The van der Waals surface area contributed by atoms with Gasteiger partial charge in [0.05, 0.1) is 25.4 Å². The lowest BCUT2D eigenvalue weighted by atomic mass is 10.0. The molecule has 71 heavy (non-hydrogen) atoms. The van der Waals surface area contributed by atoms with Crippen molar-refractivity contribution in [3.63, 3.8) is 0 Å². The maximum Gasteiger partial charge on any atom is 0.305 e. The Bertz CT molecular complexity index is 1110. The molecule has 0 fully saturated rings. The second-order valence-corrected chi connectivity index (χ2v) is 22.1. The number of unbranched alkanes of at least 4 members (excludes halogenated alkanes) is 47. The number of carbonyl (C=O) groups is 2. The number of hydrogen-bond donors (Lipinski definition) is 3. The summed E-state index contributed by atoms with van der Waals surface area (Å²) in [7, 11) is 0. The van der Waals surface area contributed by atoms with Gasteiger partial charge in [0, 0.05) is 12.8 Å². The van der Waals surface area contributed by atoms with Crippen molar-refractivity contribution in [3.8, 4) is 0 Å². The fourth-order valence-electron chi connectivity index (χ4n) is 10.0. The van der Waals surface area contributed by atoms with Gasteiger partial charge in [-0.15, -0.1) is 0 Å². The molecule has 0 spiro atoms. The number of allylic oxidation sites excluding steroid dienone is 3. The molecule has 0 aromatic heterocycles. The molecule has 0 radical (unpaired) electrons. The summed E-state index contributed by atoms with van der Waals surface area (Å²) in [5, 5.41) is 23.2. The van der Waals surface area contributed by atoms with Crippen LogP contribution in [0.2, 0.25) is 0 Å². The minimum absolute atomic E-state index is 0.00156. The maximum absolute atomic E-state index is 12.5. The van der Waals surface area contributed by atoms with Gasteiger partial charge in [-0.25, -0.2) is 0 Å². The van der Waals surface area contributed by atoms with Crippen molar-refractivity contribution in [1.29, 1.82) is 0 Å². The highest BCUT2D eigenvalue weighted by atomic mass is 16.5. The topological polar surface area (TPSA) is 95.9 Å². The molecule has 0 rings (SSSR count). The number of aliphatic hydroxyl groups is 2. The molecule has 2 atom stereocenters. The zero-order chi connectivity index (χ0) is 51.4. The Balaban J connectivity index is 3.46. The lowest BCUT2D eigenvalue weighted by molar-refractivity contribution is -0.143. The van der Waals surface area contributed by atoms with Gasteiger partial charge in [0.25, 0.3) is 0 Å². The quantitative estimate of drug-likeness (QED) is 0.0320. The zero-order valence-corrected chi connectivity index (χ0v) is 48.0. The van der Waals surface area contributed by atoms with Crippen molar-refractivity contribution in [1.82, 2.24) is 5.32 Å². The van der Waals surface area contributed by atoms with E-state index in [0.29, 0.717) is 19.4 Å². The van der Waals surface area contributed by atoms with Gasteiger partial charge in [0.15, 0.2) is 0 Å². The minimum atomic E-state index is -0.855. The van der Waals surface area contributed by atoms with E-state index in [4.69, 9.17) is 4.74 Å². The van der Waals surface area contributed by atoms with Gasteiger partial charge in [-0.2, -0.15) is 0 Å².